The molecule has 62 heavy (non-hydrogen) atoms. The second-order valence-electron chi connectivity index (χ2n) is 17.0. The van der Waals surface area contributed by atoms with Gasteiger partial charge in [0, 0.05) is 12.8 Å². The molecule has 0 aromatic carbocycles. The molecule has 2 N–H and O–H groups in total. The zero-order valence-electron chi connectivity index (χ0n) is 39.7. The zero-order valence-corrected chi connectivity index (χ0v) is 40.6. The lowest BCUT2D eigenvalue weighted by molar-refractivity contribution is -0.870. The highest BCUT2D eigenvalue weighted by atomic mass is 31.2. The van der Waals surface area contributed by atoms with Gasteiger partial charge in [-0.2, -0.15) is 0 Å². The van der Waals surface area contributed by atoms with Crippen molar-refractivity contribution in [3.8, 4) is 0 Å². The number of unbranched alkanes of at least 4 members (excludes halogenated alkanes) is 11. The number of aliphatic hydroxyl groups is 1. The van der Waals surface area contributed by atoms with Gasteiger partial charge in [-0.3, -0.25) is 18.6 Å². The van der Waals surface area contributed by atoms with Crippen molar-refractivity contribution in [2.24, 2.45) is 0 Å². The Morgan fingerprint density at radius 2 is 1.03 bits per heavy atom. The molecule has 0 amide bonds. The molecule has 3 atom stereocenters. The Hall–Kier alpha value is -2.85. The molecule has 0 aliphatic rings. The highest BCUT2D eigenvalue weighted by molar-refractivity contribution is 7.47. The van der Waals surface area contributed by atoms with Crippen LogP contribution in [0.5, 0.6) is 0 Å². The van der Waals surface area contributed by atoms with Crippen molar-refractivity contribution in [3.05, 3.63) is 85.1 Å². The minimum atomic E-state index is -4.41. The molecular weight excluding hydrogens is 802 g/mol. The van der Waals surface area contributed by atoms with Crippen molar-refractivity contribution >= 4 is 19.8 Å². The van der Waals surface area contributed by atoms with Crippen LogP contribution in [0.2, 0.25) is 0 Å². The topological polar surface area (TPSA) is 129 Å². The average molecular weight is 891 g/mol. The highest BCUT2D eigenvalue weighted by Crippen LogP contribution is 2.43. The van der Waals surface area contributed by atoms with Crippen LogP contribution in [0.25, 0.3) is 0 Å². The minimum Gasteiger partial charge on any atom is -0.462 e. The third kappa shape index (κ3) is 45.2. The summed E-state index contributed by atoms with van der Waals surface area (Å²) in [7, 11) is 1.40. The number of phosphoric acid groups is 1. The van der Waals surface area contributed by atoms with Gasteiger partial charge in [-0.25, -0.2) is 4.57 Å². The number of carbonyl (C=O) groups excluding carboxylic acids is 2. The standard InChI is InChI=1S/C51H88NO9P/c1-6-8-9-10-11-12-13-14-15-16-17-18-19-20-23-27-30-33-36-39-43-51(55)61-49(47-60-62(56,57)59-45-44-52(3,4)5)46-58-50(54)42-38-35-32-29-26-24-21-22-25-28-31-34-37-41-48(53)40-7-2/h12-13,15-16,18-19,21,24-25,28-29,32,34,37,48-49,53H,6-11,14,17,20,22-23,26-27,30-31,33,35-36,38-47H2,1-5H3/p+1/b13-12-,16-15-,19-18-,24-21-,28-25-,32-29-,37-34-/t48?,49-/m1/s1. The predicted molar refractivity (Wildman–Crippen MR) is 258 cm³/mol. The van der Waals surface area contributed by atoms with E-state index in [1.807, 2.05) is 33.3 Å². The normalized spacial score (nSPS) is 14.8. The third-order valence-corrected chi connectivity index (χ3v) is 10.7. The first-order valence-corrected chi connectivity index (χ1v) is 25.4. The zero-order chi connectivity index (χ0) is 45.8. The molecule has 0 saturated carbocycles. The van der Waals surface area contributed by atoms with E-state index in [2.05, 4.69) is 86.8 Å². The summed E-state index contributed by atoms with van der Waals surface area (Å²) in [4.78, 5) is 35.4. The lowest BCUT2D eigenvalue weighted by atomic mass is 10.1. The minimum absolute atomic E-state index is 0.00955. The molecule has 2 unspecified atom stereocenters. The fourth-order valence-electron chi connectivity index (χ4n) is 5.97. The summed E-state index contributed by atoms with van der Waals surface area (Å²) in [5, 5.41) is 9.74. The maximum Gasteiger partial charge on any atom is 0.472 e. The summed E-state index contributed by atoms with van der Waals surface area (Å²) in [6.45, 7) is 4.10. The van der Waals surface area contributed by atoms with Crippen molar-refractivity contribution in [2.75, 3.05) is 47.5 Å². The Morgan fingerprint density at radius 1 is 0.565 bits per heavy atom. The number of hydrogen-bond donors (Lipinski definition) is 2. The Morgan fingerprint density at radius 3 is 1.56 bits per heavy atom. The Balaban J connectivity index is 4.46. The number of aliphatic hydroxyl groups excluding tert-OH is 1. The molecule has 10 nitrogen and oxygen atoms in total. The molecule has 0 heterocycles. The van der Waals surface area contributed by atoms with E-state index in [0.717, 1.165) is 83.5 Å². The van der Waals surface area contributed by atoms with Gasteiger partial charge < -0.3 is 24.0 Å². The van der Waals surface area contributed by atoms with Crippen molar-refractivity contribution < 1.29 is 47.2 Å². The van der Waals surface area contributed by atoms with Crippen LogP contribution in [0.3, 0.4) is 0 Å². The summed E-state index contributed by atoms with van der Waals surface area (Å²) >= 11 is 0. The molecule has 0 aromatic heterocycles. The first-order chi connectivity index (χ1) is 29.9. The number of allylic oxidation sites excluding steroid dienone is 13. The van der Waals surface area contributed by atoms with Gasteiger partial charge in [0.25, 0.3) is 0 Å². The molecular formula is C51H89NO9P+. The molecule has 0 rings (SSSR count). The van der Waals surface area contributed by atoms with Crippen LogP contribution in [0, 0.1) is 0 Å². The predicted octanol–water partition coefficient (Wildman–Crippen LogP) is 12.9. The van der Waals surface area contributed by atoms with Crippen LogP contribution in [-0.2, 0) is 32.7 Å². The number of quaternary nitrogens is 1. The van der Waals surface area contributed by atoms with E-state index in [1.165, 1.54) is 32.1 Å². The number of nitrogens with zero attached hydrogens (tertiary/aromatic N) is 1. The summed E-state index contributed by atoms with van der Waals surface area (Å²) < 4.78 is 34.3. The van der Waals surface area contributed by atoms with E-state index in [0.29, 0.717) is 36.7 Å². The van der Waals surface area contributed by atoms with E-state index >= 15 is 0 Å². The van der Waals surface area contributed by atoms with Gasteiger partial charge in [0.15, 0.2) is 6.10 Å². The van der Waals surface area contributed by atoms with E-state index in [1.54, 1.807) is 0 Å². The van der Waals surface area contributed by atoms with E-state index in [9.17, 15) is 24.2 Å². The number of carbonyl (C=O) groups is 2. The molecule has 0 saturated heterocycles. The smallest absolute Gasteiger partial charge is 0.462 e. The second-order valence-corrected chi connectivity index (χ2v) is 18.4. The van der Waals surface area contributed by atoms with Gasteiger partial charge >= 0.3 is 19.8 Å². The summed E-state index contributed by atoms with van der Waals surface area (Å²) in [5.41, 5.74) is 0. The fraction of sp³-hybridized carbons (Fsp3) is 0.686. The van der Waals surface area contributed by atoms with E-state index in [-0.39, 0.29) is 32.2 Å². The molecule has 0 radical (unpaired) electrons. The van der Waals surface area contributed by atoms with Crippen molar-refractivity contribution in [1.82, 2.24) is 0 Å². The Kier molecular flexibility index (Phi) is 40.2. The van der Waals surface area contributed by atoms with Gasteiger partial charge in [0.05, 0.1) is 33.9 Å². The van der Waals surface area contributed by atoms with Crippen LogP contribution >= 0.6 is 7.82 Å². The van der Waals surface area contributed by atoms with Crippen molar-refractivity contribution in [1.29, 1.82) is 0 Å². The van der Waals surface area contributed by atoms with Crippen LogP contribution < -0.4 is 0 Å². The van der Waals surface area contributed by atoms with Crippen LogP contribution in [0.1, 0.15) is 168 Å². The largest absolute Gasteiger partial charge is 0.472 e. The van der Waals surface area contributed by atoms with Crippen LogP contribution in [0.4, 0.5) is 0 Å². The summed E-state index contributed by atoms with van der Waals surface area (Å²) in [6, 6.07) is 0. The Bertz CT molecular complexity index is 1340. The van der Waals surface area contributed by atoms with Gasteiger partial charge in [0.2, 0.25) is 0 Å². The quantitative estimate of drug-likeness (QED) is 0.0202. The average Bonchev–Trinajstić information content (AvgIpc) is 3.22. The maximum atomic E-state index is 12.7. The van der Waals surface area contributed by atoms with E-state index < -0.39 is 32.5 Å². The summed E-state index contributed by atoms with van der Waals surface area (Å²) in [6.07, 6.45) is 51.2. The first-order valence-electron chi connectivity index (χ1n) is 23.9. The number of phosphoric ester groups is 1. The van der Waals surface area contributed by atoms with Crippen LogP contribution in [-0.4, -0.2) is 86.1 Å². The fourth-order valence-corrected chi connectivity index (χ4v) is 6.71. The number of likely N-dealkylation sites (N-methyl/N-ethyl adjacent to an activating group) is 1. The van der Waals surface area contributed by atoms with Crippen molar-refractivity contribution in [2.45, 2.75) is 180 Å². The molecule has 0 bridgehead atoms. The molecule has 0 fully saturated rings. The molecule has 356 valence electrons. The van der Waals surface area contributed by atoms with Gasteiger partial charge in [-0.05, 0) is 89.9 Å². The molecule has 0 aliphatic heterocycles. The Labute approximate surface area is 378 Å². The monoisotopic (exact) mass is 891 g/mol. The first kappa shape index (κ1) is 59.1. The summed E-state index contributed by atoms with van der Waals surface area (Å²) in [5.74, 6) is -0.906. The number of ether oxygens (including phenoxy) is 2. The molecule has 0 spiro atoms. The highest BCUT2D eigenvalue weighted by Gasteiger charge is 2.27. The number of rotatable bonds is 42. The van der Waals surface area contributed by atoms with Crippen LogP contribution in [0.15, 0.2) is 85.1 Å². The van der Waals surface area contributed by atoms with Gasteiger partial charge in [-0.1, -0.05) is 150 Å². The van der Waals surface area contributed by atoms with E-state index in [4.69, 9.17) is 18.5 Å². The number of hydrogen-bond acceptors (Lipinski definition) is 8. The van der Waals surface area contributed by atoms with Gasteiger partial charge in [-0.15, -0.1) is 0 Å². The third-order valence-electron chi connectivity index (χ3n) is 9.70. The maximum absolute atomic E-state index is 12.7. The second kappa shape index (κ2) is 42.1. The molecule has 0 aromatic rings. The molecule has 0 aliphatic carbocycles. The SMILES string of the molecule is CCCCCC/C=C\C/C=C\C/C=C\CCCCCCCCC(=O)O[C@H](COC(=O)CCC/C=C\C/C=C\C/C=C\C/C=C\CC(O)CCC)COP(=O)(O)OCC[N+](C)(C)C. The lowest BCUT2D eigenvalue weighted by Gasteiger charge is -2.24. The molecule has 11 heteroatoms. The lowest BCUT2D eigenvalue weighted by Crippen LogP contribution is -2.37. The van der Waals surface area contributed by atoms with Gasteiger partial charge in [0.1, 0.15) is 19.8 Å². The van der Waals surface area contributed by atoms with Crippen molar-refractivity contribution in [3.63, 3.8) is 0 Å². The number of esters is 2.